The van der Waals surface area contributed by atoms with Gasteiger partial charge < -0.3 is 16.0 Å². The summed E-state index contributed by atoms with van der Waals surface area (Å²) in [5.74, 6) is -1.09. The fourth-order valence-corrected chi connectivity index (χ4v) is 3.19. The maximum absolute atomic E-state index is 14.1. The Hall–Kier alpha value is -2.74. The zero-order chi connectivity index (χ0) is 18.8. The summed E-state index contributed by atoms with van der Waals surface area (Å²) in [4.78, 5) is 27.0. The second kappa shape index (κ2) is 7.25. The number of hydrogen-bond donors (Lipinski definition) is 3. The van der Waals surface area contributed by atoms with Gasteiger partial charge in [-0.05, 0) is 32.4 Å². The maximum Gasteiger partial charge on any atom is 0.258 e. The smallest absolute Gasteiger partial charge is 0.258 e. The van der Waals surface area contributed by atoms with Crippen LogP contribution in [-0.2, 0) is 4.79 Å². The number of halogens is 1. The molecule has 1 fully saturated rings. The van der Waals surface area contributed by atoms with Gasteiger partial charge in [0.1, 0.15) is 11.9 Å². The van der Waals surface area contributed by atoms with Gasteiger partial charge in [0.05, 0.1) is 17.5 Å². The van der Waals surface area contributed by atoms with Crippen LogP contribution < -0.4 is 11.1 Å². The highest BCUT2D eigenvalue weighted by Crippen LogP contribution is 2.27. The molecule has 0 spiro atoms. The third-order valence-electron chi connectivity index (χ3n) is 4.34. The number of carbonyl (C=O) groups excluding carboxylic acids is 2. The minimum atomic E-state index is -0.650. The van der Waals surface area contributed by atoms with E-state index in [0.29, 0.717) is 6.42 Å². The normalized spacial score (nSPS) is 19.8. The van der Waals surface area contributed by atoms with Gasteiger partial charge in [-0.15, -0.1) is 0 Å². The Labute approximate surface area is 150 Å². The first-order valence-corrected chi connectivity index (χ1v) is 8.53. The van der Waals surface area contributed by atoms with Crippen LogP contribution in [0.5, 0.6) is 0 Å². The predicted octanol–water partition coefficient (Wildman–Crippen LogP) is 1.28. The molecule has 2 heterocycles. The summed E-state index contributed by atoms with van der Waals surface area (Å²) < 4.78 is 14.1. The largest absolute Gasteiger partial charge is 0.352 e. The molecule has 1 aliphatic rings. The van der Waals surface area contributed by atoms with Crippen molar-refractivity contribution in [1.29, 1.82) is 0 Å². The number of aromatic amines is 1. The van der Waals surface area contributed by atoms with Crippen molar-refractivity contribution in [2.45, 2.75) is 38.4 Å². The topological polar surface area (TPSA) is 104 Å². The molecule has 0 saturated carbocycles. The summed E-state index contributed by atoms with van der Waals surface area (Å²) in [6.45, 7) is 3.97. The first-order valence-electron chi connectivity index (χ1n) is 8.53. The van der Waals surface area contributed by atoms with Crippen molar-refractivity contribution < 1.29 is 14.0 Å². The van der Waals surface area contributed by atoms with Crippen LogP contribution in [0, 0.1) is 5.82 Å². The molecule has 3 rings (SSSR count). The highest BCUT2D eigenvalue weighted by Gasteiger charge is 2.39. The molecule has 2 amide bonds. The Morgan fingerprint density at radius 1 is 1.38 bits per heavy atom. The summed E-state index contributed by atoms with van der Waals surface area (Å²) in [5, 5.41) is 9.40. The second-order valence-corrected chi connectivity index (χ2v) is 6.77. The number of likely N-dealkylation sites (tertiary alicyclic amines) is 1. The van der Waals surface area contributed by atoms with Crippen LogP contribution in [0.3, 0.4) is 0 Å². The second-order valence-electron chi connectivity index (χ2n) is 6.77. The van der Waals surface area contributed by atoms with E-state index in [1.807, 2.05) is 13.8 Å². The van der Waals surface area contributed by atoms with Gasteiger partial charge in [0.25, 0.3) is 5.91 Å². The fourth-order valence-electron chi connectivity index (χ4n) is 3.19. The zero-order valence-electron chi connectivity index (χ0n) is 14.7. The lowest BCUT2D eigenvalue weighted by atomic mass is 10.1. The van der Waals surface area contributed by atoms with Gasteiger partial charge in [0.15, 0.2) is 0 Å². The monoisotopic (exact) mass is 359 g/mol. The number of aromatic nitrogens is 2. The zero-order valence-corrected chi connectivity index (χ0v) is 14.7. The van der Waals surface area contributed by atoms with Crippen molar-refractivity contribution >= 4 is 11.8 Å². The maximum atomic E-state index is 14.1. The van der Waals surface area contributed by atoms with Crippen LogP contribution in [0.25, 0.3) is 11.3 Å². The number of amides is 2. The molecule has 138 valence electrons. The molecule has 7 nitrogen and oxygen atoms in total. The number of nitrogens with two attached hydrogens (primary N) is 1. The van der Waals surface area contributed by atoms with Gasteiger partial charge in [-0.2, -0.15) is 5.10 Å². The summed E-state index contributed by atoms with van der Waals surface area (Å²) >= 11 is 0. The molecule has 0 aliphatic carbocycles. The quantitative estimate of drug-likeness (QED) is 0.765. The van der Waals surface area contributed by atoms with E-state index in [0.717, 1.165) is 0 Å². The van der Waals surface area contributed by atoms with Crippen LogP contribution in [0.4, 0.5) is 4.39 Å². The number of benzene rings is 1. The minimum absolute atomic E-state index is 0.0424. The number of hydrogen-bond acceptors (Lipinski definition) is 4. The molecular formula is C18H22FN5O2. The lowest BCUT2D eigenvalue weighted by Crippen LogP contribution is -2.47. The highest BCUT2D eigenvalue weighted by molar-refractivity contribution is 6.02. The number of rotatable bonds is 4. The Bertz CT molecular complexity index is 819. The van der Waals surface area contributed by atoms with E-state index in [2.05, 4.69) is 15.5 Å². The van der Waals surface area contributed by atoms with Crippen LogP contribution in [0.2, 0.25) is 0 Å². The molecular weight excluding hydrogens is 337 g/mol. The first kappa shape index (κ1) is 18.1. The molecule has 2 aromatic rings. The molecule has 8 heteroatoms. The lowest BCUT2D eigenvalue weighted by Gasteiger charge is -2.24. The Morgan fingerprint density at radius 2 is 2.12 bits per heavy atom. The average molecular weight is 359 g/mol. The Morgan fingerprint density at radius 3 is 2.81 bits per heavy atom. The van der Waals surface area contributed by atoms with E-state index >= 15 is 0 Å². The van der Waals surface area contributed by atoms with Crippen molar-refractivity contribution in [3.63, 3.8) is 0 Å². The van der Waals surface area contributed by atoms with Crippen molar-refractivity contribution in [2.24, 2.45) is 5.73 Å². The Kier molecular flexibility index (Phi) is 5.03. The molecule has 1 aliphatic heterocycles. The third kappa shape index (κ3) is 3.45. The number of nitrogens with one attached hydrogen (secondary N) is 2. The molecule has 1 aromatic heterocycles. The highest BCUT2D eigenvalue weighted by atomic mass is 19.1. The average Bonchev–Trinajstić information content (AvgIpc) is 3.20. The van der Waals surface area contributed by atoms with E-state index in [1.165, 1.54) is 17.2 Å². The van der Waals surface area contributed by atoms with Gasteiger partial charge in [-0.25, -0.2) is 4.39 Å². The summed E-state index contributed by atoms with van der Waals surface area (Å²) in [6, 6.07) is 5.15. The summed E-state index contributed by atoms with van der Waals surface area (Å²) in [6.07, 6.45) is 1.74. The van der Waals surface area contributed by atoms with Gasteiger partial charge in [0.2, 0.25) is 5.91 Å². The van der Waals surface area contributed by atoms with Crippen LogP contribution >= 0.6 is 0 Å². The fraction of sp³-hybridized carbons (Fsp3) is 0.389. The van der Waals surface area contributed by atoms with Crippen LogP contribution in [0.15, 0.2) is 30.5 Å². The molecule has 4 N–H and O–H groups in total. The van der Waals surface area contributed by atoms with Gasteiger partial charge >= 0.3 is 0 Å². The van der Waals surface area contributed by atoms with E-state index in [-0.39, 0.29) is 41.4 Å². The van der Waals surface area contributed by atoms with Crippen molar-refractivity contribution in [3.8, 4) is 11.3 Å². The SMILES string of the molecule is CC(C)NC(=O)[C@@H]1C[C@H](N)CN1C(=O)c1cn[nH]c1-c1ccccc1F. The third-order valence-corrected chi connectivity index (χ3v) is 4.34. The summed E-state index contributed by atoms with van der Waals surface area (Å²) in [5.41, 5.74) is 6.74. The molecule has 2 atom stereocenters. The number of H-pyrrole nitrogens is 1. The van der Waals surface area contributed by atoms with Gasteiger partial charge in [-0.3, -0.25) is 14.7 Å². The molecule has 0 radical (unpaired) electrons. The van der Waals surface area contributed by atoms with E-state index in [1.54, 1.807) is 18.2 Å². The first-order chi connectivity index (χ1) is 12.4. The Balaban J connectivity index is 1.91. The summed E-state index contributed by atoms with van der Waals surface area (Å²) in [7, 11) is 0. The lowest BCUT2D eigenvalue weighted by molar-refractivity contribution is -0.125. The molecule has 0 bridgehead atoms. The molecule has 1 aromatic carbocycles. The van der Waals surface area contributed by atoms with E-state index in [9.17, 15) is 14.0 Å². The predicted molar refractivity (Wildman–Crippen MR) is 94.7 cm³/mol. The van der Waals surface area contributed by atoms with Crippen LogP contribution in [0.1, 0.15) is 30.6 Å². The van der Waals surface area contributed by atoms with Crippen LogP contribution in [-0.4, -0.2) is 51.6 Å². The van der Waals surface area contributed by atoms with E-state index in [4.69, 9.17) is 5.73 Å². The molecule has 26 heavy (non-hydrogen) atoms. The number of nitrogens with zero attached hydrogens (tertiary/aromatic N) is 2. The van der Waals surface area contributed by atoms with Crippen molar-refractivity contribution in [3.05, 3.63) is 41.8 Å². The van der Waals surface area contributed by atoms with Crippen molar-refractivity contribution in [2.75, 3.05) is 6.54 Å². The number of carbonyl (C=O) groups is 2. The minimum Gasteiger partial charge on any atom is -0.352 e. The van der Waals surface area contributed by atoms with Gasteiger partial charge in [-0.1, -0.05) is 12.1 Å². The van der Waals surface area contributed by atoms with Gasteiger partial charge in [0, 0.05) is 24.2 Å². The molecule has 0 unspecified atom stereocenters. The molecule has 1 saturated heterocycles. The van der Waals surface area contributed by atoms with E-state index < -0.39 is 17.8 Å². The van der Waals surface area contributed by atoms with Crippen molar-refractivity contribution in [1.82, 2.24) is 20.4 Å². The standard InChI is InChI=1S/C18H22FN5O2/c1-10(2)22-17(25)15-7-11(20)9-24(15)18(26)13-8-21-23-16(13)12-5-3-4-6-14(12)19/h3-6,8,10-11,15H,7,9,20H2,1-2H3,(H,21,23)(H,22,25)/t11-,15-/m0/s1.